The average molecular weight is 251 g/mol. The van der Waals surface area contributed by atoms with Crippen LogP contribution in [0.3, 0.4) is 0 Å². The van der Waals surface area contributed by atoms with Crippen LogP contribution in [0, 0.1) is 0 Å². The van der Waals surface area contributed by atoms with Crippen molar-refractivity contribution >= 4 is 23.1 Å². The molecule has 0 saturated heterocycles. The Balaban J connectivity index is 1.96. The number of aromatic nitrogens is 3. The molecule has 3 rings (SSSR count). The minimum absolute atomic E-state index is 0.818. The van der Waals surface area contributed by atoms with Gasteiger partial charge in [-0.2, -0.15) is 5.10 Å². The minimum atomic E-state index is 0.818. The molecule has 4 nitrogen and oxygen atoms in total. The normalized spacial score (nSPS) is 11.2. The van der Waals surface area contributed by atoms with Gasteiger partial charge in [0.25, 0.3) is 0 Å². The van der Waals surface area contributed by atoms with Crippen LogP contribution in [-0.2, 0) is 0 Å². The first kappa shape index (κ1) is 11.5. The van der Waals surface area contributed by atoms with Gasteiger partial charge in [0.15, 0.2) is 0 Å². The molecule has 0 radical (unpaired) electrons. The van der Waals surface area contributed by atoms with Crippen LogP contribution in [-0.4, -0.2) is 22.3 Å². The Labute approximate surface area is 110 Å². The summed E-state index contributed by atoms with van der Waals surface area (Å²) in [6.45, 7) is 0. The lowest BCUT2D eigenvalue weighted by Gasteiger charge is -1.98. The molecule has 0 saturated carbocycles. The largest absolute Gasteiger partial charge is 0.497 e. The fourth-order valence-corrected chi connectivity index (χ4v) is 1.92. The van der Waals surface area contributed by atoms with Gasteiger partial charge in [-0.1, -0.05) is 12.1 Å². The van der Waals surface area contributed by atoms with Crippen LogP contribution in [0.25, 0.3) is 23.1 Å². The van der Waals surface area contributed by atoms with E-state index in [1.54, 1.807) is 13.3 Å². The highest BCUT2D eigenvalue weighted by molar-refractivity contribution is 5.90. The lowest BCUT2D eigenvalue weighted by molar-refractivity contribution is 0.415. The Morgan fingerprint density at radius 1 is 1.21 bits per heavy atom. The molecule has 2 heterocycles. The summed E-state index contributed by atoms with van der Waals surface area (Å²) >= 11 is 0. The molecule has 0 fully saturated rings. The molecule has 0 bridgehead atoms. The van der Waals surface area contributed by atoms with E-state index >= 15 is 0 Å². The number of H-pyrrole nitrogens is 1. The van der Waals surface area contributed by atoms with Crippen molar-refractivity contribution in [2.75, 3.05) is 7.11 Å². The number of hydrogen-bond donors (Lipinski definition) is 1. The summed E-state index contributed by atoms with van der Waals surface area (Å²) in [4.78, 5) is 4.07. The van der Waals surface area contributed by atoms with Gasteiger partial charge < -0.3 is 4.74 Å². The molecule has 94 valence electrons. The van der Waals surface area contributed by atoms with Crippen molar-refractivity contribution in [3.8, 4) is 5.75 Å². The zero-order valence-electron chi connectivity index (χ0n) is 10.5. The highest BCUT2D eigenvalue weighted by Crippen LogP contribution is 2.22. The molecule has 4 heteroatoms. The number of ether oxygens (including phenoxy) is 1. The monoisotopic (exact) mass is 251 g/mol. The Kier molecular flexibility index (Phi) is 2.98. The molecule has 0 unspecified atom stereocenters. The van der Waals surface area contributed by atoms with Crippen LogP contribution in [0.1, 0.15) is 11.3 Å². The molecule has 1 N–H and O–H groups in total. The fraction of sp³-hybridized carbons (Fsp3) is 0.0667. The lowest BCUT2D eigenvalue weighted by atomic mass is 10.1. The van der Waals surface area contributed by atoms with Crippen molar-refractivity contribution < 1.29 is 4.74 Å². The predicted molar refractivity (Wildman–Crippen MR) is 75.8 cm³/mol. The van der Waals surface area contributed by atoms with Crippen LogP contribution >= 0.6 is 0 Å². The summed E-state index contributed by atoms with van der Waals surface area (Å²) in [6, 6.07) is 9.78. The van der Waals surface area contributed by atoms with Gasteiger partial charge in [-0.15, -0.1) is 0 Å². The summed E-state index contributed by atoms with van der Waals surface area (Å²) in [7, 11) is 1.65. The molecule has 3 aromatic rings. The van der Waals surface area contributed by atoms with Crippen LogP contribution in [0.5, 0.6) is 5.75 Å². The van der Waals surface area contributed by atoms with Crippen molar-refractivity contribution in [2.24, 2.45) is 0 Å². The Morgan fingerprint density at radius 2 is 2.16 bits per heavy atom. The van der Waals surface area contributed by atoms with Crippen molar-refractivity contribution in [3.63, 3.8) is 0 Å². The van der Waals surface area contributed by atoms with E-state index < -0.39 is 0 Å². The fourth-order valence-electron chi connectivity index (χ4n) is 1.92. The number of rotatable bonds is 3. The van der Waals surface area contributed by atoms with Crippen LogP contribution in [0.4, 0.5) is 0 Å². The standard InChI is InChI=1S/C15H13N3O/c1-19-12-5-6-13-14(17-18-15(13)9-12)7-4-11-3-2-8-16-10-11/h2-10H,1H3,(H,17,18). The Bertz CT molecular complexity index is 717. The molecule has 0 spiro atoms. The second kappa shape index (κ2) is 4.94. The maximum Gasteiger partial charge on any atom is 0.121 e. The third-order valence-electron chi connectivity index (χ3n) is 2.92. The van der Waals surface area contributed by atoms with Crippen molar-refractivity contribution in [2.45, 2.75) is 0 Å². The summed E-state index contributed by atoms with van der Waals surface area (Å²) in [6.07, 6.45) is 7.54. The van der Waals surface area contributed by atoms with Gasteiger partial charge in [-0.25, -0.2) is 0 Å². The summed E-state index contributed by atoms with van der Waals surface area (Å²) in [5.74, 6) is 0.818. The molecule has 0 aliphatic rings. The van der Waals surface area contributed by atoms with Crippen LogP contribution < -0.4 is 4.74 Å². The van der Waals surface area contributed by atoms with Crippen LogP contribution in [0.2, 0.25) is 0 Å². The summed E-state index contributed by atoms with van der Waals surface area (Å²) in [5.41, 5.74) is 2.92. The molecule has 0 aliphatic heterocycles. The van der Waals surface area contributed by atoms with E-state index in [2.05, 4.69) is 15.2 Å². The predicted octanol–water partition coefficient (Wildman–Crippen LogP) is 3.14. The first-order chi connectivity index (χ1) is 9.36. The highest BCUT2D eigenvalue weighted by Gasteiger charge is 2.03. The zero-order chi connectivity index (χ0) is 13.1. The number of nitrogens with one attached hydrogen (secondary N) is 1. The second-order valence-electron chi connectivity index (χ2n) is 4.14. The summed E-state index contributed by atoms with van der Waals surface area (Å²) < 4.78 is 5.19. The summed E-state index contributed by atoms with van der Waals surface area (Å²) in [5, 5.41) is 8.37. The maximum absolute atomic E-state index is 5.19. The lowest BCUT2D eigenvalue weighted by Crippen LogP contribution is -1.81. The van der Waals surface area contributed by atoms with Gasteiger partial charge in [0.05, 0.1) is 18.3 Å². The molecule has 0 aliphatic carbocycles. The molecule has 0 atom stereocenters. The SMILES string of the molecule is COc1ccc2c(C=Cc3cccnc3)n[nH]c2c1. The maximum atomic E-state index is 5.19. The quantitative estimate of drug-likeness (QED) is 0.778. The molecular formula is C15H13N3O. The third kappa shape index (κ3) is 2.33. The number of hydrogen-bond acceptors (Lipinski definition) is 3. The van der Waals surface area contributed by atoms with E-state index in [1.165, 1.54) is 0 Å². The van der Waals surface area contributed by atoms with Gasteiger partial charge >= 0.3 is 0 Å². The number of nitrogens with zero attached hydrogens (tertiary/aromatic N) is 2. The second-order valence-corrected chi connectivity index (χ2v) is 4.14. The molecule has 0 amide bonds. The van der Waals surface area contributed by atoms with Gasteiger partial charge in [0, 0.05) is 23.8 Å². The molecule has 19 heavy (non-hydrogen) atoms. The van der Waals surface area contributed by atoms with Gasteiger partial charge in [-0.05, 0) is 29.8 Å². The van der Waals surface area contributed by atoms with Gasteiger partial charge in [0.1, 0.15) is 5.75 Å². The van der Waals surface area contributed by atoms with E-state index in [9.17, 15) is 0 Å². The Morgan fingerprint density at radius 3 is 2.95 bits per heavy atom. The third-order valence-corrected chi connectivity index (χ3v) is 2.92. The van der Waals surface area contributed by atoms with E-state index in [1.807, 2.05) is 48.7 Å². The van der Waals surface area contributed by atoms with Gasteiger partial charge in [-0.3, -0.25) is 10.1 Å². The highest BCUT2D eigenvalue weighted by atomic mass is 16.5. The minimum Gasteiger partial charge on any atom is -0.497 e. The molecule has 2 aromatic heterocycles. The van der Waals surface area contributed by atoms with E-state index in [4.69, 9.17) is 4.74 Å². The van der Waals surface area contributed by atoms with Crippen molar-refractivity contribution in [1.82, 2.24) is 15.2 Å². The number of pyridine rings is 1. The zero-order valence-corrected chi connectivity index (χ0v) is 10.5. The van der Waals surface area contributed by atoms with Crippen molar-refractivity contribution in [1.29, 1.82) is 0 Å². The van der Waals surface area contributed by atoms with Crippen LogP contribution in [0.15, 0.2) is 42.7 Å². The average Bonchev–Trinajstić information content (AvgIpc) is 2.88. The number of benzene rings is 1. The molecular weight excluding hydrogens is 238 g/mol. The number of methoxy groups -OCH3 is 1. The number of fused-ring (bicyclic) bond motifs is 1. The van der Waals surface area contributed by atoms with E-state index in [0.29, 0.717) is 0 Å². The van der Waals surface area contributed by atoms with Gasteiger partial charge in [0.2, 0.25) is 0 Å². The smallest absolute Gasteiger partial charge is 0.121 e. The Hall–Kier alpha value is -2.62. The van der Waals surface area contributed by atoms with E-state index in [0.717, 1.165) is 27.9 Å². The molecule has 1 aromatic carbocycles. The number of aromatic amines is 1. The van der Waals surface area contributed by atoms with E-state index in [-0.39, 0.29) is 0 Å². The first-order valence-corrected chi connectivity index (χ1v) is 5.97. The first-order valence-electron chi connectivity index (χ1n) is 5.97. The van der Waals surface area contributed by atoms with Crippen molar-refractivity contribution in [3.05, 3.63) is 54.0 Å². The topological polar surface area (TPSA) is 50.8 Å².